The fourth-order valence-electron chi connectivity index (χ4n) is 4.26. The van der Waals surface area contributed by atoms with Crippen LogP contribution < -0.4 is 5.32 Å². The zero-order valence-electron chi connectivity index (χ0n) is 18.8. The molecule has 0 saturated carbocycles. The maximum absolute atomic E-state index is 12.7. The topological polar surface area (TPSA) is 84.8 Å². The number of para-hydroxylation sites is 1. The van der Waals surface area contributed by atoms with E-state index >= 15 is 0 Å². The summed E-state index contributed by atoms with van der Waals surface area (Å²) < 4.78 is 7.98. The van der Waals surface area contributed by atoms with Crippen molar-refractivity contribution in [3.63, 3.8) is 0 Å². The van der Waals surface area contributed by atoms with Gasteiger partial charge in [0.25, 0.3) is 0 Å². The van der Waals surface area contributed by atoms with E-state index in [1.807, 2.05) is 55.6 Å². The molecule has 7 nitrogen and oxygen atoms in total. The van der Waals surface area contributed by atoms with Crippen molar-refractivity contribution in [3.8, 4) is 11.4 Å². The van der Waals surface area contributed by atoms with E-state index in [9.17, 15) is 4.79 Å². The van der Waals surface area contributed by atoms with Gasteiger partial charge >= 0.3 is 0 Å². The van der Waals surface area contributed by atoms with Gasteiger partial charge in [0.2, 0.25) is 5.91 Å². The summed E-state index contributed by atoms with van der Waals surface area (Å²) in [6.45, 7) is 3.40. The summed E-state index contributed by atoms with van der Waals surface area (Å²) in [7, 11) is 0. The number of hydrogen-bond acceptors (Lipinski definition) is 5. The second-order valence-corrected chi connectivity index (χ2v) is 9.81. The summed E-state index contributed by atoms with van der Waals surface area (Å²) in [5.74, 6) is 0.966. The van der Waals surface area contributed by atoms with Crippen LogP contribution in [0.25, 0.3) is 22.3 Å². The molecule has 0 aliphatic carbocycles. The quantitative estimate of drug-likeness (QED) is 0.327. The second kappa shape index (κ2) is 10.2. The first-order valence-corrected chi connectivity index (χ1v) is 12.7. The van der Waals surface area contributed by atoms with Gasteiger partial charge in [0.15, 0.2) is 11.0 Å². The number of H-pyrrole nitrogens is 1. The first-order chi connectivity index (χ1) is 16.6. The Morgan fingerprint density at radius 3 is 2.88 bits per heavy atom. The number of nitrogens with zero attached hydrogens (tertiary/aromatic N) is 3. The first-order valence-electron chi connectivity index (χ1n) is 11.4. The molecule has 1 aliphatic rings. The molecule has 34 heavy (non-hydrogen) atoms. The Kier molecular flexibility index (Phi) is 6.89. The van der Waals surface area contributed by atoms with Crippen molar-refractivity contribution in [1.29, 1.82) is 0 Å². The number of aromatic amines is 1. The van der Waals surface area contributed by atoms with Crippen molar-refractivity contribution in [2.24, 2.45) is 0 Å². The molecule has 0 bridgehead atoms. The number of benzene rings is 2. The predicted molar refractivity (Wildman–Crippen MR) is 135 cm³/mol. The highest BCUT2D eigenvalue weighted by Gasteiger charge is 2.23. The Morgan fingerprint density at radius 1 is 1.26 bits per heavy atom. The predicted octanol–water partition coefficient (Wildman–Crippen LogP) is 5.23. The Morgan fingerprint density at radius 2 is 2.09 bits per heavy atom. The van der Waals surface area contributed by atoms with E-state index in [1.54, 1.807) is 0 Å². The molecule has 176 valence electrons. The molecule has 2 atom stereocenters. The highest BCUT2D eigenvalue weighted by atomic mass is 35.5. The van der Waals surface area contributed by atoms with E-state index in [0.29, 0.717) is 16.7 Å². The maximum Gasteiger partial charge on any atom is 0.230 e. The molecule has 1 fully saturated rings. The molecule has 0 spiro atoms. The molecular weight excluding hydrogens is 470 g/mol. The van der Waals surface area contributed by atoms with Gasteiger partial charge in [-0.1, -0.05) is 53.7 Å². The smallest absolute Gasteiger partial charge is 0.230 e. The largest absolute Gasteiger partial charge is 0.376 e. The summed E-state index contributed by atoms with van der Waals surface area (Å²) in [6, 6.07) is 15.5. The molecule has 3 heterocycles. The third-order valence-electron chi connectivity index (χ3n) is 6.04. The summed E-state index contributed by atoms with van der Waals surface area (Å²) in [6.07, 6.45) is 4.16. The average Bonchev–Trinajstić information content (AvgIpc) is 3.59. The third kappa shape index (κ3) is 4.99. The van der Waals surface area contributed by atoms with Crippen molar-refractivity contribution < 1.29 is 9.53 Å². The Labute approximate surface area is 207 Å². The molecule has 2 unspecified atom stereocenters. The molecule has 2 N–H and O–H groups in total. The lowest BCUT2D eigenvalue weighted by Gasteiger charge is -2.16. The van der Waals surface area contributed by atoms with Crippen molar-refractivity contribution in [3.05, 3.63) is 65.3 Å². The number of halogens is 1. The van der Waals surface area contributed by atoms with Gasteiger partial charge < -0.3 is 15.0 Å². The molecular formula is C25H26ClN5O2S. The molecule has 2 aromatic heterocycles. The second-order valence-electron chi connectivity index (χ2n) is 8.43. The minimum Gasteiger partial charge on any atom is -0.376 e. The molecule has 1 saturated heterocycles. The molecule has 5 rings (SSSR count). The molecule has 4 aromatic rings. The van der Waals surface area contributed by atoms with E-state index in [4.69, 9.17) is 16.3 Å². The number of amides is 1. The Balaban J connectivity index is 1.33. The van der Waals surface area contributed by atoms with E-state index < -0.39 is 0 Å². The normalized spacial score (nSPS) is 16.7. The SMILES string of the molecule is CC(NC(=O)CSc1nnc(-c2c[nH]c3ccccc23)n1CC1CCCO1)c1ccc(Cl)cc1. The van der Waals surface area contributed by atoms with Crippen molar-refractivity contribution in [1.82, 2.24) is 25.1 Å². The average molecular weight is 496 g/mol. The minimum atomic E-state index is -0.114. The lowest BCUT2D eigenvalue weighted by molar-refractivity contribution is -0.119. The highest BCUT2D eigenvalue weighted by Crippen LogP contribution is 2.31. The zero-order valence-corrected chi connectivity index (χ0v) is 20.4. The van der Waals surface area contributed by atoms with Gasteiger partial charge in [0.05, 0.1) is 24.4 Å². The van der Waals surface area contributed by atoms with Crippen LogP contribution in [0.5, 0.6) is 0 Å². The molecule has 1 aliphatic heterocycles. The van der Waals surface area contributed by atoms with Crippen molar-refractivity contribution in [2.75, 3.05) is 12.4 Å². The van der Waals surface area contributed by atoms with Crippen LogP contribution in [0.2, 0.25) is 5.02 Å². The number of nitrogens with one attached hydrogen (secondary N) is 2. The van der Waals surface area contributed by atoms with E-state index in [0.717, 1.165) is 47.3 Å². The fraction of sp³-hybridized carbons (Fsp3) is 0.320. The van der Waals surface area contributed by atoms with Gasteiger partial charge in [-0.05, 0) is 43.5 Å². The summed E-state index contributed by atoms with van der Waals surface area (Å²) in [5, 5.41) is 14.5. The number of fused-ring (bicyclic) bond motifs is 1. The van der Waals surface area contributed by atoms with Gasteiger partial charge in [0.1, 0.15) is 0 Å². The zero-order chi connectivity index (χ0) is 23.5. The maximum atomic E-state index is 12.7. The van der Waals surface area contributed by atoms with Crippen LogP contribution in [0, 0.1) is 0 Å². The van der Waals surface area contributed by atoms with Crippen molar-refractivity contribution in [2.45, 2.75) is 43.6 Å². The van der Waals surface area contributed by atoms with Gasteiger partial charge in [-0.3, -0.25) is 9.36 Å². The standard InChI is InChI=1S/C25H26ClN5O2S/c1-16(17-8-10-18(26)11-9-17)28-23(32)15-34-25-30-29-24(31(25)14-19-5-4-12-33-19)21-13-27-22-7-3-2-6-20(21)22/h2-3,6-11,13,16,19,27H,4-5,12,14-15H2,1H3,(H,28,32). The number of carbonyl (C=O) groups is 1. The van der Waals surface area contributed by atoms with Crippen LogP contribution in [0.1, 0.15) is 31.4 Å². The lowest BCUT2D eigenvalue weighted by atomic mass is 10.1. The Bertz CT molecular complexity index is 1280. The molecule has 2 aromatic carbocycles. The van der Waals surface area contributed by atoms with Crippen LogP contribution in [-0.4, -0.2) is 44.1 Å². The summed E-state index contributed by atoms with van der Waals surface area (Å²) in [4.78, 5) is 16.0. The van der Waals surface area contributed by atoms with Crippen LogP contribution in [0.15, 0.2) is 59.9 Å². The number of rotatable bonds is 8. The monoisotopic (exact) mass is 495 g/mol. The van der Waals surface area contributed by atoms with Gasteiger partial charge in [0, 0.05) is 34.3 Å². The lowest BCUT2D eigenvalue weighted by Crippen LogP contribution is -2.28. The third-order valence-corrected chi connectivity index (χ3v) is 7.26. The number of thioether (sulfide) groups is 1. The van der Waals surface area contributed by atoms with Crippen LogP contribution in [-0.2, 0) is 16.1 Å². The van der Waals surface area contributed by atoms with Crippen LogP contribution >= 0.6 is 23.4 Å². The molecule has 1 amide bonds. The molecule has 0 radical (unpaired) electrons. The highest BCUT2D eigenvalue weighted by molar-refractivity contribution is 7.99. The van der Waals surface area contributed by atoms with E-state index in [1.165, 1.54) is 11.8 Å². The number of aromatic nitrogens is 4. The fourth-order valence-corrected chi connectivity index (χ4v) is 5.14. The number of hydrogen-bond donors (Lipinski definition) is 2. The van der Waals surface area contributed by atoms with Crippen LogP contribution in [0.4, 0.5) is 0 Å². The van der Waals surface area contributed by atoms with Gasteiger partial charge in [-0.2, -0.15) is 0 Å². The number of ether oxygens (including phenoxy) is 1. The number of carbonyl (C=O) groups excluding carboxylic acids is 1. The van der Waals surface area contributed by atoms with Gasteiger partial charge in [-0.25, -0.2) is 0 Å². The summed E-state index contributed by atoms with van der Waals surface area (Å²) in [5.41, 5.74) is 3.05. The van der Waals surface area contributed by atoms with E-state index in [2.05, 4.69) is 31.1 Å². The minimum absolute atomic E-state index is 0.0623. The van der Waals surface area contributed by atoms with Crippen molar-refractivity contribution >= 4 is 40.2 Å². The van der Waals surface area contributed by atoms with Crippen LogP contribution in [0.3, 0.4) is 0 Å². The van der Waals surface area contributed by atoms with Gasteiger partial charge in [-0.15, -0.1) is 10.2 Å². The summed E-state index contributed by atoms with van der Waals surface area (Å²) >= 11 is 7.36. The van der Waals surface area contributed by atoms with E-state index in [-0.39, 0.29) is 23.8 Å². The Hall–Kier alpha value is -2.81. The molecule has 9 heteroatoms. The first kappa shape index (κ1) is 23.0.